The lowest BCUT2D eigenvalue weighted by atomic mass is 10.2. The summed E-state index contributed by atoms with van der Waals surface area (Å²) in [5.74, 6) is -0.161. The van der Waals surface area contributed by atoms with Gasteiger partial charge in [-0.3, -0.25) is 4.79 Å². The Morgan fingerprint density at radius 2 is 2.40 bits per heavy atom. The molecule has 104 valence electrons. The van der Waals surface area contributed by atoms with Crippen LogP contribution in [0.5, 0.6) is 0 Å². The molecule has 7 heteroatoms. The molecule has 2 heterocycles. The van der Waals surface area contributed by atoms with Crippen LogP contribution >= 0.6 is 11.6 Å². The average Bonchev–Trinajstić information content (AvgIpc) is 3.12. The van der Waals surface area contributed by atoms with Gasteiger partial charge in [-0.05, 0) is 31.0 Å². The van der Waals surface area contributed by atoms with Crippen molar-refractivity contribution in [3.05, 3.63) is 35.9 Å². The van der Waals surface area contributed by atoms with E-state index in [0.29, 0.717) is 23.0 Å². The van der Waals surface area contributed by atoms with Crippen LogP contribution in [-0.2, 0) is 9.53 Å². The number of hydrogen-bond donors (Lipinski definition) is 1. The van der Waals surface area contributed by atoms with Crippen LogP contribution in [0.3, 0.4) is 0 Å². The fraction of sp³-hybridized carbons (Fsp3) is 0.308. The monoisotopic (exact) mass is 292 g/mol. The number of nitrogens with zero attached hydrogens (tertiary/aromatic N) is 3. The third-order valence-electron chi connectivity index (χ3n) is 3.10. The van der Waals surface area contributed by atoms with Crippen LogP contribution in [0.2, 0.25) is 5.02 Å². The van der Waals surface area contributed by atoms with Crippen molar-refractivity contribution in [1.29, 1.82) is 0 Å². The van der Waals surface area contributed by atoms with Crippen molar-refractivity contribution in [3.63, 3.8) is 0 Å². The van der Waals surface area contributed by atoms with Gasteiger partial charge < -0.3 is 10.1 Å². The molecule has 1 amide bonds. The number of nitrogens with one attached hydrogen (secondary N) is 1. The molecule has 1 aromatic heterocycles. The van der Waals surface area contributed by atoms with E-state index in [9.17, 15) is 4.79 Å². The Morgan fingerprint density at radius 3 is 3.10 bits per heavy atom. The van der Waals surface area contributed by atoms with E-state index in [1.807, 2.05) is 0 Å². The molecular weight excluding hydrogens is 280 g/mol. The van der Waals surface area contributed by atoms with Crippen LogP contribution in [0.25, 0.3) is 5.69 Å². The number of carbonyl (C=O) groups is 1. The molecule has 1 atom stereocenters. The van der Waals surface area contributed by atoms with Crippen molar-refractivity contribution in [1.82, 2.24) is 14.8 Å². The quantitative estimate of drug-likeness (QED) is 0.940. The number of benzene rings is 1. The van der Waals surface area contributed by atoms with Crippen LogP contribution in [0.1, 0.15) is 12.8 Å². The highest BCUT2D eigenvalue weighted by Crippen LogP contribution is 2.25. The predicted octanol–water partition coefficient (Wildman–Crippen LogP) is 2.04. The maximum absolute atomic E-state index is 12.1. The summed E-state index contributed by atoms with van der Waals surface area (Å²) >= 11 is 5.99. The Bertz CT molecular complexity index is 609. The first-order chi connectivity index (χ1) is 9.74. The highest BCUT2D eigenvalue weighted by molar-refractivity contribution is 6.31. The first-order valence-corrected chi connectivity index (χ1v) is 6.69. The van der Waals surface area contributed by atoms with Gasteiger partial charge in [0.25, 0.3) is 5.91 Å². The zero-order valence-electron chi connectivity index (χ0n) is 10.6. The van der Waals surface area contributed by atoms with Gasteiger partial charge in [0.1, 0.15) is 18.8 Å². The van der Waals surface area contributed by atoms with Gasteiger partial charge in [0, 0.05) is 11.6 Å². The molecular formula is C13H13ClN4O2. The molecule has 0 bridgehead atoms. The van der Waals surface area contributed by atoms with Crippen LogP contribution < -0.4 is 5.32 Å². The smallest absolute Gasteiger partial charge is 0.253 e. The molecule has 1 N–H and O–H groups in total. The lowest BCUT2D eigenvalue weighted by Crippen LogP contribution is -2.27. The summed E-state index contributed by atoms with van der Waals surface area (Å²) in [6, 6.07) is 5.20. The van der Waals surface area contributed by atoms with Crippen LogP contribution in [-0.4, -0.2) is 33.4 Å². The molecule has 1 saturated heterocycles. The molecule has 20 heavy (non-hydrogen) atoms. The Kier molecular flexibility index (Phi) is 3.66. The van der Waals surface area contributed by atoms with Crippen molar-refractivity contribution >= 4 is 23.2 Å². The highest BCUT2D eigenvalue weighted by atomic mass is 35.5. The number of aromatic nitrogens is 3. The Labute approximate surface area is 120 Å². The van der Waals surface area contributed by atoms with Crippen molar-refractivity contribution in [2.45, 2.75) is 18.9 Å². The molecule has 0 unspecified atom stereocenters. The van der Waals surface area contributed by atoms with Crippen LogP contribution in [0, 0.1) is 0 Å². The van der Waals surface area contributed by atoms with Gasteiger partial charge in [0.15, 0.2) is 0 Å². The topological polar surface area (TPSA) is 69.0 Å². The van der Waals surface area contributed by atoms with Crippen LogP contribution in [0.4, 0.5) is 5.69 Å². The molecule has 0 saturated carbocycles. The summed E-state index contributed by atoms with van der Waals surface area (Å²) in [6.45, 7) is 0.629. The van der Waals surface area contributed by atoms with Gasteiger partial charge in [-0.2, -0.15) is 5.10 Å². The molecule has 6 nitrogen and oxygen atoms in total. The molecule has 0 aliphatic carbocycles. The van der Waals surface area contributed by atoms with Gasteiger partial charge in [-0.25, -0.2) is 9.67 Å². The molecule has 3 rings (SSSR count). The third-order valence-corrected chi connectivity index (χ3v) is 3.34. The number of halogens is 1. The highest BCUT2D eigenvalue weighted by Gasteiger charge is 2.24. The van der Waals surface area contributed by atoms with Crippen molar-refractivity contribution in [2.24, 2.45) is 0 Å². The summed E-state index contributed by atoms with van der Waals surface area (Å²) < 4.78 is 6.94. The van der Waals surface area contributed by atoms with E-state index in [0.717, 1.165) is 12.8 Å². The fourth-order valence-corrected chi connectivity index (χ4v) is 2.31. The van der Waals surface area contributed by atoms with E-state index < -0.39 is 6.10 Å². The number of hydrogen-bond acceptors (Lipinski definition) is 4. The van der Waals surface area contributed by atoms with Gasteiger partial charge in [-0.15, -0.1) is 0 Å². The minimum atomic E-state index is -0.391. The normalized spacial score (nSPS) is 18.1. The number of amides is 1. The van der Waals surface area contributed by atoms with E-state index in [2.05, 4.69) is 15.4 Å². The van der Waals surface area contributed by atoms with Crippen molar-refractivity contribution in [2.75, 3.05) is 11.9 Å². The molecule has 1 aliphatic heterocycles. The summed E-state index contributed by atoms with van der Waals surface area (Å²) in [6.07, 6.45) is 4.25. The lowest BCUT2D eigenvalue weighted by molar-refractivity contribution is -0.124. The van der Waals surface area contributed by atoms with Crippen molar-refractivity contribution < 1.29 is 9.53 Å². The van der Waals surface area contributed by atoms with Crippen molar-refractivity contribution in [3.8, 4) is 5.69 Å². The minimum absolute atomic E-state index is 0.161. The first-order valence-electron chi connectivity index (χ1n) is 6.31. The minimum Gasteiger partial charge on any atom is -0.368 e. The Morgan fingerprint density at radius 1 is 1.50 bits per heavy atom. The second-order valence-electron chi connectivity index (χ2n) is 4.49. The lowest BCUT2D eigenvalue weighted by Gasteiger charge is -2.14. The average molecular weight is 293 g/mol. The zero-order chi connectivity index (χ0) is 13.9. The van der Waals surface area contributed by atoms with E-state index >= 15 is 0 Å². The Hall–Kier alpha value is -1.92. The summed E-state index contributed by atoms with van der Waals surface area (Å²) in [5.41, 5.74) is 1.29. The molecule has 1 aliphatic rings. The second-order valence-corrected chi connectivity index (χ2v) is 4.93. The van der Waals surface area contributed by atoms with E-state index in [-0.39, 0.29) is 5.91 Å². The van der Waals surface area contributed by atoms with E-state index in [4.69, 9.17) is 16.3 Å². The largest absolute Gasteiger partial charge is 0.368 e. The maximum Gasteiger partial charge on any atom is 0.253 e. The SMILES string of the molecule is O=C(Nc1cc(Cl)ccc1-n1cncn1)[C@@H]1CCCO1. The Balaban J connectivity index is 1.87. The van der Waals surface area contributed by atoms with Gasteiger partial charge in [0.05, 0.1) is 11.4 Å². The molecule has 2 aromatic rings. The number of ether oxygens (including phenoxy) is 1. The first kappa shape index (κ1) is 13.1. The standard InChI is InChI=1S/C13H13ClN4O2/c14-9-3-4-11(18-8-15-7-16-18)10(6-9)17-13(19)12-2-1-5-20-12/h3-4,6-8,12H,1-2,5H2,(H,17,19)/t12-/m0/s1. The maximum atomic E-state index is 12.1. The number of rotatable bonds is 3. The second kappa shape index (κ2) is 5.60. The molecule has 0 radical (unpaired) electrons. The predicted molar refractivity (Wildman–Crippen MR) is 74.0 cm³/mol. The summed E-state index contributed by atoms with van der Waals surface area (Å²) in [7, 11) is 0. The number of anilines is 1. The fourth-order valence-electron chi connectivity index (χ4n) is 2.14. The van der Waals surface area contributed by atoms with Gasteiger partial charge in [-0.1, -0.05) is 11.6 Å². The molecule has 0 spiro atoms. The number of carbonyl (C=O) groups excluding carboxylic acids is 1. The summed E-state index contributed by atoms with van der Waals surface area (Å²) in [5, 5.41) is 7.44. The van der Waals surface area contributed by atoms with Gasteiger partial charge in [0.2, 0.25) is 0 Å². The summed E-state index contributed by atoms with van der Waals surface area (Å²) in [4.78, 5) is 16.0. The molecule has 1 aromatic carbocycles. The van der Waals surface area contributed by atoms with E-state index in [1.54, 1.807) is 29.2 Å². The van der Waals surface area contributed by atoms with Gasteiger partial charge >= 0.3 is 0 Å². The van der Waals surface area contributed by atoms with Crippen LogP contribution in [0.15, 0.2) is 30.9 Å². The third kappa shape index (κ3) is 2.66. The van der Waals surface area contributed by atoms with E-state index in [1.165, 1.54) is 6.33 Å². The molecule has 1 fully saturated rings. The zero-order valence-corrected chi connectivity index (χ0v) is 11.4.